The van der Waals surface area contributed by atoms with Crippen LogP contribution in [0.4, 0.5) is 5.69 Å². The minimum Gasteiger partial charge on any atom is -0.493 e. The second-order valence-corrected chi connectivity index (χ2v) is 14.7. The van der Waals surface area contributed by atoms with Gasteiger partial charge in [0.05, 0.1) is 24.8 Å². The number of methoxy groups -OCH3 is 2. The Bertz CT molecular complexity index is 1810. The van der Waals surface area contributed by atoms with Crippen molar-refractivity contribution < 1.29 is 27.5 Å². The van der Waals surface area contributed by atoms with Crippen LogP contribution >= 0.6 is 15.9 Å². The number of hydrogen-bond acceptors (Lipinski definition) is 6. The lowest BCUT2D eigenvalue weighted by atomic mass is 10.0. The van der Waals surface area contributed by atoms with E-state index in [0.29, 0.717) is 18.0 Å². The minimum atomic E-state index is -4.33. The molecule has 0 heterocycles. The smallest absolute Gasteiger partial charge is 0.264 e. The molecule has 260 valence electrons. The summed E-state index contributed by atoms with van der Waals surface area (Å²) in [6, 6.07) is 25.8. The van der Waals surface area contributed by atoms with Crippen molar-refractivity contribution in [1.29, 1.82) is 0 Å². The van der Waals surface area contributed by atoms with Crippen LogP contribution in [0.1, 0.15) is 42.0 Å². The minimum absolute atomic E-state index is 0.0743. The number of sulfonamides is 1. The maximum Gasteiger partial charge on any atom is 0.264 e. The molecule has 1 N–H and O–H groups in total. The van der Waals surface area contributed by atoms with E-state index in [9.17, 15) is 18.0 Å². The Balaban J connectivity index is 1.84. The summed E-state index contributed by atoms with van der Waals surface area (Å²) < 4.78 is 41.8. The van der Waals surface area contributed by atoms with Crippen LogP contribution in [0, 0.1) is 13.8 Å². The van der Waals surface area contributed by atoms with Crippen molar-refractivity contribution in [2.45, 2.75) is 57.5 Å². The molecule has 4 rings (SSSR count). The van der Waals surface area contributed by atoms with E-state index in [1.54, 1.807) is 12.1 Å². The molecule has 0 fully saturated rings. The van der Waals surface area contributed by atoms with Gasteiger partial charge in [-0.1, -0.05) is 77.8 Å². The first-order valence-electron chi connectivity index (χ1n) is 16.2. The van der Waals surface area contributed by atoms with E-state index in [2.05, 4.69) is 21.2 Å². The fourth-order valence-electron chi connectivity index (χ4n) is 5.57. The zero-order valence-corrected chi connectivity index (χ0v) is 31.0. The summed E-state index contributed by atoms with van der Waals surface area (Å²) in [5, 5.41) is 3.02. The predicted molar refractivity (Wildman–Crippen MR) is 197 cm³/mol. The average molecular weight is 751 g/mol. The van der Waals surface area contributed by atoms with E-state index in [-0.39, 0.29) is 29.5 Å². The summed E-state index contributed by atoms with van der Waals surface area (Å²) in [6.45, 7) is 5.78. The zero-order chi connectivity index (χ0) is 35.6. The summed E-state index contributed by atoms with van der Waals surface area (Å²) in [4.78, 5) is 30.1. The topological polar surface area (TPSA) is 105 Å². The SMILES string of the molecule is CCCCNC(=O)C(Cc1ccccc1)N(Cc1ccc(Br)cc1)C(=O)CN(c1cc(C)cc(C)c1)S(=O)(=O)c1ccc(OC)c(OC)c1. The Morgan fingerprint density at radius 1 is 0.837 bits per heavy atom. The number of carbonyl (C=O) groups excluding carboxylic acids is 2. The molecule has 0 saturated heterocycles. The summed E-state index contributed by atoms with van der Waals surface area (Å²) in [5.74, 6) is -0.228. The number of halogens is 1. The molecular formula is C38H44BrN3O6S. The number of anilines is 1. The first kappa shape index (κ1) is 37.5. The summed E-state index contributed by atoms with van der Waals surface area (Å²) >= 11 is 3.47. The lowest BCUT2D eigenvalue weighted by molar-refractivity contribution is -0.140. The molecule has 0 aliphatic heterocycles. The Labute approximate surface area is 298 Å². The van der Waals surface area contributed by atoms with Gasteiger partial charge in [0.15, 0.2) is 11.5 Å². The van der Waals surface area contributed by atoms with Crippen LogP contribution in [0.3, 0.4) is 0 Å². The largest absolute Gasteiger partial charge is 0.493 e. The average Bonchev–Trinajstić information content (AvgIpc) is 3.09. The molecule has 4 aromatic carbocycles. The van der Waals surface area contributed by atoms with Gasteiger partial charge in [-0.2, -0.15) is 0 Å². The molecule has 1 unspecified atom stereocenters. The van der Waals surface area contributed by atoms with Crippen molar-refractivity contribution in [3.05, 3.63) is 118 Å². The van der Waals surface area contributed by atoms with Gasteiger partial charge in [-0.25, -0.2) is 8.42 Å². The van der Waals surface area contributed by atoms with Gasteiger partial charge in [-0.15, -0.1) is 0 Å². The third-order valence-corrected chi connectivity index (χ3v) is 10.4. The Kier molecular flexibility index (Phi) is 13.3. The van der Waals surface area contributed by atoms with E-state index < -0.39 is 28.5 Å². The molecule has 49 heavy (non-hydrogen) atoms. The number of hydrogen-bond donors (Lipinski definition) is 1. The molecule has 0 radical (unpaired) electrons. The van der Waals surface area contributed by atoms with E-state index in [0.717, 1.165) is 43.9 Å². The van der Waals surface area contributed by atoms with Crippen molar-refractivity contribution in [2.24, 2.45) is 0 Å². The first-order chi connectivity index (χ1) is 23.5. The lowest BCUT2D eigenvalue weighted by Gasteiger charge is -2.34. The Morgan fingerprint density at radius 3 is 2.10 bits per heavy atom. The number of carbonyl (C=O) groups is 2. The van der Waals surface area contributed by atoms with Gasteiger partial charge in [-0.05, 0) is 78.9 Å². The number of nitrogens with zero attached hydrogens (tertiary/aromatic N) is 2. The normalized spacial score (nSPS) is 11.8. The quantitative estimate of drug-likeness (QED) is 0.126. The number of unbranched alkanes of at least 4 members (excludes halogenated alkanes) is 1. The van der Waals surface area contributed by atoms with Crippen molar-refractivity contribution in [3.8, 4) is 11.5 Å². The number of rotatable bonds is 16. The third kappa shape index (κ3) is 9.86. The molecule has 0 aliphatic carbocycles. The van der Waals surface area contributed by atoms with Crippen LogP contribution in [0.5, 0.6) is 11.5 Å². The summed E-state index contributed by atoms with van der Waals surface area (Å²) in [5.41, 5.74) is 3.65. The highest BCUT2D eigenvalue weighted by Gasteiger charge is 2.35. The number of benzene rings is 4. The molecule has 2 amide bonds. The van der Waals surface area contributed by atoms with Gasteiger partial charge in [0.2, 0.25) is 11.8 Å². The molecule has 0 bridgehead atoms. The van der Waals surface area contributed by atoms with Crippen LogP contribution in [0.15, 0.2) is 100 Å². The van der Waals surface area contributed by atoms with E-state index in [1.807, 2.05) is 81.4 Å². The van der Waals surface area contributed by atoms with E-state index >= 15 is 0 Å². The van der Waals surface area contributed by atoms with Crippen LogP contribution in [-0.4, -0.2) is 58.5 Å². The van der Waals surface area contributed by atoms with E-state index in [4.69, 9.17) is 9.47 Å². The van der Waals surface area contributed by atoms with Crippen molar-refractivity contribution in [2.75, 3.05) is 31.6 Å². The van der Waals surface area contributed by atoms with Gasteiger partial charge in [-0.3, -0.25) is 13.9 Å². The van der Waals surface area contributed by atoms with Crippen molar-refractivity contribution >= 4 is 43.5 Å². The molecule has 11 heteroatoms. The summed E-state index contributed by atoms with van der Waals surface area (Å²) in [6.07, 6.45) is 1.92. The number of amides is 2. The van der Waals surface area contributed by atoms with Crippen molar-refractivity contribution in [3.63, 3.8) is 0 Å². The second-order valence-electron chi connectivity index (χ2n) is 11.9. The first-order valence-corrected chi connectivity index (χ1v) is 18.4. The molecule has 0 saturated carbocycles. The molecule has 1 atom stereocenters. The molecule has 0 aliphatic rings. The molecule has 4 aromatic rings. The van der Waals surface area contributed by atoms with E-state index in [1.165, 1.54) is 37.3 Å². The standard InChI is InChI=1S/C38H44BrN3O6S/c1-6-7-19-40-38(44)34(23-29-11-9-8-10-12-29)41(25-30-13-15-31(39)16-14-30)37(43)26-42(32-21-27(2)20-28(3)22-32)49(45,46)33-17-18-35(47-4)36(24-33)48-5/h8-18,20-22,24,34H,6-7,19,23,25-26H2,1-5H3,(H,40,44). The fourth-order valence-corrected chi connectivity index (χ4v) is 7.25. The number of ether oxygens (including phenoxy) is 2. The van der Waals surface area contributed by atoms with Gasteiger partial charge < -0.3 is 19.7 Å². The number of aryl methyl sites for hydroxylation is 2. The maximum atomic E-state index is 14.7. The predicted octanol–water partition coefficient (Wildman–Crippen LogP) is 6.83. The van der Waals surface area contributed by atoms with Gasteiger partial charge in [0, 0.05) is 30.0 Å². The van der Waals surface area contributed by atoms with Crippen LogP contribution < -0.4 is 19.1 Å². The van der Waals surface area contributed by atoms with Gasteiger partial charge in [0.25, 0.3) is 10.0 Å². The molecule has 9 nitrogen and oxygen atoms in total. The van der Waals surface area contributed by atoms with Crippen molar-refractivity contribution in [1.82, 2.24) is 10.2 Å². The Hall–Kier alpha value is -4.35. The zero-order valence-electron chi connectivity index (χ0n) is 28.6. The van der Waals surface area contributed by atoms with Gasteiger partial charge in [0.1, 0.15) is 12.6 Å². The number of nitrogens with one attached hydrogen (secondary N) is 1. The van der Waals surface area contributed by atoms with Gasteiger partial charge >= 0.3 is 0 Å². The van der Waals surface area contributed by atoms with Crippen LogP contribution in [0.25, 0.3) is 0 Å². The van der Waals surface area contributed by atoms with Crippen LogP contribution in [0.2, 0.25) is 0 Å². The molecule has 0 aromatic heterocycles. The highest BCUT2D eigenvalue weighted by molar-refractivity contribution is 9.10. The Morgan fingerprint density at radius 2 is 1.49 bits per heavy atom. The molecule has 0 spiro atoms. The second kappa shape index (κ2) is 17.3. The highest BCUT2D eigenvalue weighted by atomic mass is 79.9. The third-order valence-electron chi connectivity index (χ3n) is 8.08. The van der Waals surface area contributed by atoms with Crippen LogP contribution in [-0.2, 0) is 32.6 Å². The molecular weight excluding hydrogens is 706 g/mol. The lowest BCUT2D eigenvalue weighted by Crippen LogP contribution is -2.53. The monoisotopic (exact) mass is 749 g/mol. The maximum absolute atomic E-state index is 14.7. The summed E-state index contributed by atoms with van der Waals surface area (Å²) in [7, 11) is -1.43. The fraction of sp³-hybridized carbons (Fsp3) is 0.316. The highest BCUT2D eigenvalue weighted by Crippen LogP contribution is 2.33.